The molecule has 0 bridgehead atoms. The molecule has 1 aliphatic carbocycles. The number of aryl methyl sites for hydroxylation is 1. The minimum Gasteiger partial charge on any atom is -0.427 e. The van der Waals surface area contributed by atoms with Crippen LogP contribution in [0.4, 0.5) is 0 Å². The molecule has 4 rings (SSSR count). The van der Waals surface area contributed by atoms with Gasteiger partial charge in [0.25, 0.3) is 0 Å². The second-order valence-corrected chi connectivity index (χ2v) is 9.30. The van der Waals surface area contributed by atoms with Crippen LogP contribution in [0.2, 0.25) is 0 Å². The minimum atomic E-state index is -0.270. The SMILES string of the molecule is CC1(C)CC(C)(c2ccccc2)c2ccccc21.CCCc1cccc(OC(C)=O)c1. The third-order valence-electron chi connectivity index (χ3n) is 6.16. The second-order valence-electron chi connectivity index (χ2n) is 9.30. The average molecular weight is 415 g/mol. The first-order valence-corrected chi connectivity index (χ1v) is 11.2. The van der Waals surface area contributed by atoms with Crippen molar-refractivity contribution >= 4 is 5.97 Å². The van der Waals surface area contributed by atoms with Crippen LogP contribution in [0.1, 0.15) is 69.7 Å². The molecule has 0 aromatic heterocycles. The standard InChI is InChI=1S/C18H20.C11H14O2/c1-17(2)13-18(3,14-9-5-4-6-10-14)16-12-8-7-11-15(16)17;1-3-5-10-6-4-7-11(8-10)13-9(2)12/h4-12H,13H2,1-3H3;4,6-8H,3,5H2,1-2H3. The molecule has 1 atom stereocenters. The number of benzene rings is 3. The first-order chi connectivity index (χ1) is 14.8. The van der Waals surface area contributed by atoms with E-state index < -0.39 is 0 Å². The predicted molar refractivity (Wildman–Crippen MR) is 129 cm³/mol. The van der Waals surface area contributed by atoms with Crippen LogP contribution in [0.25, 0.3) is 0 Å². The lowest BCUT2D eigenvalue weighted by Crippen LogP contribution is -2.23. The van der Waals surface area contributed by atoms with Crippen LogP contribution >= 0.6 is 0 Å². The Kier molecular flexibility index (Phi) is 7.00. The van der Waals surface area contributed by atoms with E-state index in [1.54, 1.807) is 6.07 Å². The zero-order chi connectivity index (χ0) is 22.5. The van der Waals surface area contributed by atoms with Gasteiger partial charge in [0.05, 0.1) is 0 Å². The highest BCUT2D eigenvalue weighted by molar-refractivity contribution is 5.69. The Morgan fingerprint density at radius 3 is 2.16 bits per heavy atom. The van der Waals surface area contributed by atoms with Crippen molar-refractivity contribution in [3.63, 3.8) is 0 Å². The Balaban J connectivity index is 0.000000187. The summed E-state index contributed by atoms with van der Waals surface area (Å²) >= 11 is 0. The van der Waals surface area contributed by atoms with Gasteiger partial charge in [-0.3, -0.25) is 4.79 Å². The fraction of sp³-hybridized carbons (Fsp3) is 0.345. The lowest BCUT2D eigenvalue weighted by molar-refractivity contribution is -0.131. The minimum absolute atomic E-state index is 0.154. The summed E-state index contributed by atoms with van der Waals surface area (Å²) in [5, 5.41) is 0. The van der Waals surface area contributed by atoms with E-state index in [1.165, 1.54) is 35.6 Å². The maximum atomic E-state index is 10.7. The van der Waals surface area contributed by atoms with E-state index in [9.17, 15) is 4.79 Å². The van der Waals surface area contributed by atoms with Gasteiger partial charge in [0.1, 0.15) is 5.75 Å². The van der Waals surface area contributed by atoms with E-state index >= 15 is 0 Å². The number of rotatable bonds is 4. The summed E-state index contributed by atoms with van der Waals surface area (Å²) in [6, 6.07) is 27.5. The molecule has 1 unspecified atom stereocenters. The molecule has 0 radical (unpaired) electrons. The highest BCUT2D eigenvalue weighted by Crippen LogP contribution is 2.52. The van der Waals surface area contributed by atoms with Crippen molar-refractivity contribution < 1.29 is 9.53 Å². The smallest absolute Gasteiger partial charge is 0.308 e. The maximum Gasteiger partial charge on any atom is 0.308 e. The summed E-state index contributed by atoms with van der Waals surface area (Å²) in [6.07, 6.45) is 3.31. The van der Waals surface area contributed by atoms with Crippen LogP contribution in [0.5, 0.6) is 5.75 Å². The van der Waals surface area contributed by atoms with Crippen molar-refractivity contribution in [1.29, 1.82) is 0 Å². The molecule has 1 aliphatic rings. The first-order valence-electron chi connectivity index (χ1n) is 11.2. The lowest BCUT2D eigenvalue weighted by Gasteiger charge is -2.28. The molecule has 0 heterocycles. The molecule has 3 aromatic rings. The van der Waals surface area contributed by atoms with Gasteiger partial charge in [-0.1, -0.05) is 101 Å². The van der Waals surface area contributed by atoms with Crippen LogP contribution in [0.15, 0.2) is 78.9 Å². The van der Waals surface area contributed by atoms with Gasteiger partial charge >= 0.3 is 5.97 Å². The third kappa shape index (κ3) is 5.25. The molecule has 0 N–H and O–H groups in total. The summed E-state index contributed by atoms with van der Waals surface area (Å²) in [5.74, 6) is 0.368. The quantitative estimate of drug-likeness (QED) is 0.332. The fourth-order valence-corrected chi connectivity index (χ4v) is 4.91. The van der Waals surface area contributed by atoms with Gasteiger partial charge in [0, 0.05) is 12.3 Å². The van der Waals surface area contributed by atoms with E-state index in [4.69, 9.17) is 4.74 Å². The van der Waals surface area contributed by atoms with E-state index in [0.29, 0.717) is 5.75 Å². The van der Waals surface area contributed by atoms with Crippen molar-refractivity contribution in [2.75, 3.05) is 0 Å². The molecule has 0 fully saturated rings. The van der Waals surface area contributed by atoms with Crippen LogP contribution in [-0.2, 0) is 22.0 Å². The van der Waals surface area contributed by atoms with E-state index in [1.807, 2.05) is 18.2 Å². The Hall–Kier alpha value is -2.87. The topological polar surface area (TPSA) is 26.3 Å². The second kappa shape index (κ2) is 9.51. The largest absolute Gasteiger partial charge is 0.427 e. The van der Waals surface area contributed by atoms with E-state index in [2.05, 4.69) is 82.3 Å². The molecule has 0 saturated carbocycles. The fourth-order valence-electron chi connectivity index (χ4n) is 4.91. The zero-order valence-electron chi connectivity index (χ0n) is 19.4. The molecular formula is C29H34O2. The van der Waals surface area contributed by atoms with Gasteiger partial charge in [0.2, 0.25) is 0 Å². The number of hydrogen-bond donors (Lipinski definition) is 0. The van der Waals surface area contributed by atoms with Crippen molar-refractivity contribution in [2.24, 2.45) is 0 Å². The Bertz CT molecular complexity index is 1020. The molecular weight excluding hydrogens is 380 g/mol. The number of hydrogen-bond acceptors (Lipinski definition) is 2. The van der Waals surface area contributed by atoms with Crippen LogP contribution in [0.3, 0.4) is 0 Å². The van der Waals surface area contributed by atoms with E-state index in [0.717, 1.165) is 12.8 Å². The summed E-state index contributed by atoms with van der Waals surface area (Å²) in [6.45, 7) is 10.6. The number of fused-ring (bicyclic) bond motifs is 1. The lowest BCUT2D eigenvalue weighted by atomic mass is 9.75. The van der Waals surface area contributed by atoms with Crippen molar-refractivity contribution in [3.8, 4) is 5.75 Å². The van der Waals surface area contributed by atoms with Crippen molar-refractivity contribution in [2.45, 2.75) is 64.7 Å². The van der Waals surface area contributed by atoms with Crippen LogP contribution in [0, 0.1) is 0 Å². The molecule has 0 aliphatic heterocycles. The Morgan fingerprint density at radius 1 is 0.871 bits per heavy atom. The Labute approximate surface area is 187 Å². The molecule has 2 heteroatoms. The molecule has 3 aromatic carbocycles. The van der Waals surface area contributed by atoms with Gasteiger partial charge < -0.3 is 4.74 Å². The summed E-state index contributed by atoms with van der Waals surface area (Å²) in [4.78, 5) is 10.7. The van der Waals surface area contributed by atoms with E-state index in [-0.39, 0.29) is 16.8 Å². The molecule has 0 saturated heterocycles. The van der Waals surface area contributed by atoms with Crippen LogP contribution < -0.4 is 4.74 Å². The average Bonchev–Trinajstić information content (AvgIpc) is 2.96. The maximum absolute atomic E-state index is 10.7. The molecule has 2 nitrogen and oxygen atoms in total. The molecule has 0 spiro atoms. The van der Waals surface area contributed by atoms with Gasteiger partial charge in [-0.2, -0.15) is 0 Å². The number of carbonyl (C=O) groups is 1. The normalized spacial score (nSPS) is 18.5. The summed E-state index contributed by atoms with van der Waals surface area (Å²) in [7, 11) is 0. The molecule has 31 heavy (non-hydrogen) atoms. The van der Waals surface area contributed by atoms with Gasteiger partial charge in [0.15, 0.2) is 0 Å². The first kappa shape index (κ1) is 22.8. The summed E-state index contributed by atoms with van der Waals surface area (Å²) < 4.78 is 4.96. The highest BCUT2D eigenvalue weighted by Gasteiger charge is 2.45. The zero-order valence-corrected chi connectivity index (χ0v) is 19.4. The highest BCUT2D eigenvalue weighted by atomic mass is 16.5. The van der Waals surface area contributed by atoms with Gasteiger partial charge in [-0.15, -0.1) is 0 Å². The number of carbonyl (C=O) groups excluding carboxylic acids is 1. The summed E-state index contributed by atoms with van der Waals surface area (Å²) in [5.41, 5.74) is 6.07. The van der Waals surface area contributed by atoms with Crippen molar-refractivity contribution in [1.82, 2.24) is 0 Å². The monoisotopic (exact) mass is 414 g/mol. The Morgan fingerprint density at radius 2 is 1.52 bits per heavy atom. The van der Waals surface area contributed by atoms with Gasteiger partial charge in [-0.05, 0) is 52.6 Å². The number of ether oxygens (including phenoxy) is 1. The van der Waals surface area contributed by atoms with Crippen molar-refractivity contribution in [3.05, 3.63) is 101 Å². The molecule has 162 valence electrons. The van der Waals surface area contributed by atoms with Crippen LogP contribution in [-0.4, -0.2) is 5.97 Å². The number of esters is 1. The third-order valence-corrected chi connectivity index (χ3v) is 6.16. The molecule has 0 amide bonds. The van der Waals surface area contributed by atoms with Gasteiger partial charge in [-0.25, -0.2) is 0 Å². The predicted octanol–water partition coefficient (Wildman–Crippen LogP) is 7.24.